The predicted molar refractivity (Wildman–Crippen MR) is 52.1 cm³/mol. The molecule has 4 heteroatoms. The maximum absolute atomic E-state index is 5.73. The minimum Gasteiger partial charge on any atom is -0.479 e. The number of nitrogens with zero attached hydrogens (tertiary/aromatic N) is 2. The van der Waals surface area contributed by atoms with E-state index in [1.165, 1.54) is 7.11 Å². The van der Waals surface area contributed by atoms with Crippen LogP contribution < -0.4 is 4.74 Å². The molecule has 0 aliphatic heterocycles. The van der Waals surface area contributed by atoms with Crippen LogP contribution in [0.3, 0.4) is 0 Å². The number of aromatic nitrogens is 2. The molecular weight excluding hydrogens is 188 g/mol. The van der Waals surface area contributed by atoms with Gasteiger partial charge >= 0.3 is 0 Å². The number of rotatable bonds is 3. The van der Waals surface area contributed by atoms with Crippen molar-refractivity contribution in [1.29, 1.82) is 0 Å². The second kappa shape index (κ2) is 4.42. The Morgan fingerprint density at radius 3 is 2.77 bits per heavy atom. The SMILES string of the molecule is COc1nc(CC(C)C)cnc1Cl. The zero-order valence-corrected chi connectivity index (χ0v) is 8.80. The molecule has 0 fully saturated rings. The Kier molecular flexibility index (Phi) is 3.48. The lowest BCUT2D eigenvalue weighted by molar-refractivity contribution is 0.393. The Morgan fingerprint density at radius 1 is 1.54 bits per heavy atom. The number of halogens is 1. The fourth-order valence-corrected chi connectivity index (χ4v) is 1.21. The summed E-state index contributed by atoms with van der Waals surface area (Å²) in [7, 11) is 1.54. The lowest BCUT2D eigenvalue weighted by Crippen LogP contribution is -2.00. The van der Waals surface area contributed by atoms with Crippen LogP contribution in [0.1, 0.15) is 19.5 Å². The number of methoxy groups -OCH3 is 1. The summed E-state index contributed by atoms with van der Waals surface area (Å²) in [5, 5.41) is 0.315. The number of hydrogen-bond donors (Lipinski definition) is 0. The van der Waals surface area contributed by atoms with Gasteiger partial charge in [-0.1, -0.05) is 25.4 Å². The average molecular weight is 201 g/mol. The quantitative estimate of drug-likeness (QED) is 0.751. The predicted octanol–water partition coefficient (Wildman–Crippen LogP) is 2.34. The molecule has 72 valence electrons. The molecule has 0 aromatic carbocycles. The smallest absolute Gasteiger partial charge is 0.252 e. The van der Waals surface area contributed by atoms with Gasteiger partial charge in [0.05, 0.1) is 19.0 Å². The van der Waals surface area contributed by atoms with Gasteiger partial charge in [-0.05, 0) is 12.3 Å². The standard InChI is InChI=1S/C9H13ClN2O/c1-6(2)4-7-5-11-8(10)9(12-7)13-3/h5-6H,4H2,1-3H3. The van der Waals surface area contributed by atoms with E-state index in [2.05, 4.69) is 23.8 Å². The third-order valence-corrected chi connectivity index (χ3v) is 1.82. The molecule has 0 saturated carbocycles. The first kappa shape index (κ1) is 10.3. The van der Waals surface area contributed by atoms with Crippen LogP contribution in [0, 0.1) is 5.92 Å². The van der Waals surface area contributed by atoms with Gasteiger partial charge in [0.1, 0.15) is 0 Å². The summed E-state index contributed by atoms with van der Waals surface area (Å²) in [6.45, 7) is 4.26. The summed E-state index contributed by atoms with van der Waals surface area (Å²) in [4.78, 5) is 8.20. The molecule has 1 heterocycles. The van der Waals surface area contributed by atoms with E-state index in [4.69, 9.17) is 16.3 Å². The first-order valence-corrected chi connectivity index (χ1v) is 4.56. The molecule has 0 spiro atoms. The minimum atomic E-state index is 0.315. The van der Waals surface area contributed by atoms with Crippen LogP contribution in [0.25, 0.3) is 0 Å². The van der Waals surface area contributed by atoms with Crippen LogP contribution in [0.2, 0.25) is 5.15 Å². The largest absolute Gasteiger partial charge is 0.479 e. The van der Waals surface area contributed by atoms with Crippen LogP contribution in [0.5, 0.6) is 5.88 Å². The molecule has 1 rings (SSSR count). The van der Waals surface area contributed by atoms with Crippen LogP contribution in [-0.4, -0.2) is 17.1 Å². The fraction of sp³-hybridized carbons (Fsp3) is 0.556. The van der Waals surface area contributed by atoms with Crippen molar-refractivity contribution in [3.8, 4) is 5.88 Å². The second-order valence-electron chi connectivity index (χ2n) is 3.26. The Balaban J connectivity index is 2.86. The molecule has 0 saturated heterocycles. The fourth-order valence-electron chi connectivity index (χ4n) is 1.04. The molecule has 0 aliphatic carbocycles. The van der Waals surface area contributed by atoms with Crippen LogP contribution >= 0.6 is 11.6 Å². The molecule has 13 heavy (non-hydrogen) atoms. The molecule has 0 atom stereocenters. The van der Waals surface area contributed by atoms with Gasteiger partial charge in [0.25, 0.3) is 5.88 Å². The van der Waals surface area contributed by atoms with Crippen molar-refractivity contribution >= 4 is 11.6 Å². The Hall–Kier alpha value is -0.830. The van der Waals surface area contributed by atoms with Crippen molar-refractivity contribution in [3.05, 3.63) is 17.0 Å². The highest BCUT2D eigenvalue weighted by Crippen LogP contribution is 2.19. The first-order valence-electron chi connectivity index (χ1n) is 4.19. The third kappa shape index (κ3) is 2.84. The molecule has 3 nitrogen and oxygen atoms in total. The van der Waals surface area contributed by atoms with Crippen molar-refractivity contribution in [1.82, 2.24) is 9.97 Å². The van der Waals surface area contributed by atoms with Crippen LogP contribution in [-0.2, 0) is 6.42 Å². The van der Waals surface area contributed by atoms with E-state index in [9.17, 15) is 0 Å². The monoisotopic (exact) mass is 200 g/mol. The minimum absolute atomic E-state index is 0.315. The van der Waals surface area contributed by atoms with E-state index in [1.807, 2.05) is 0 Å². The summed E-state index contributed by atoms with van der Waals surface area (Å²) in [5.41, 5.74) is 0.913. The van der Waals surface area contributed by atoms with Gasteiger partial charge in [-0.2, -0.15) is 0 Å². The molecule has 0 amide bonds. The molecule has 1 aromatic heterocycles. The maximum Gasteiger partial charge on any atom is 0.252 e. The van der Waals surface area contributed by atoms with Gasteiger partial charge in [0, 0.05) is 0 Å². The van der Waals surface area contributed by atoms with E-state index in [1.54, 1.807) is 6.20 Å². The Bertz CT molecular complexity index is 289. The highest BCUT2D eigenvalue weighted by molar-refractivity contribution is 6.30. The molecule has 0 N–H and O–H groups in total. The van der Waals surface area contributed by atoms with Crippen LogP contribution in [0.15, 0.2) is 6.20 Å². The zero-order chi connectivity index (χ0) is 9.84. The van der Waals surface area contributed by atoms with Gasteiger partial charge in [-0.3, -0.25) is 0 Å². The highest BCUT2D eigenvalue weighted by Gasteiger charge is 2.06. The van der Waals surface area contributed by atoms with E-state index in [-0.39, 0.29) is 0 Å². The molecule has 0 bridgehead atoms. The molecule has 0 aliphatic rings. The molecular formula is C9H13ClN2O. The second-order valence-corrected chi connectivity index (χ2v) is 3.62. The number of ether oxygens (including phenoxy) is 1. The van der Waals surface area contributed by atoms with E-state index >= 15 is 0 Å². The lowest BCUT2D eigenvalue weighted by Gasteiger charge is -2.06. The molecule has 0 unspecified atom stereocenters. The van der Waals surface area contributed by atoms with Gasteiger partial charge in [0.15, 0.2) is 5.15 Å². The van der Waals surface area contributed by atoms with Crippen molar-refractivity contribution in [2.45, 2.75) is 20.3 Å². The van der Waals surface area contributed by atoms with Crippen molar-refractivity contribution in [2.75, 3.05) is 7.11 Å². The summed E-state index contributed by atoms with van der Waals surface area (Å²) >= 11 is 5.73. The maximum atomic E-state index is 5.73. The van der Waals surface area contributed by atoms with Gasteiger partial charge in [0.2, 0.25) is 0 Å². The first-order chi connectivity index (χ1) is 6.13. The average Bonchev–Trinajstić information content (AvgIpc) is 2.07. The summed E-state index contributed by atoms with van der Waals surface area (Å²) in [5.74, 6) is 0.958. The Morgan fingerprint density at radius 2 is 2.23 bits per heavy atom. The topological polar surface area (TPSA) is 35.0 Å². The van der Waals surface area contributed by atoms with Gasteiger partial charge < -0.3 is 4.74 Å². The van der Waals surface area contributed by atoms with Crippen molar-refractivity contribution < 1.29 is 4.74 Å². The molecule has 0 radical (unpaired) electrons. The van der Waals surface area contributed by atoms with Crippen molar-refractivity contribution in [2.24, 2.45) is 5.92 Å². The lowest BCUT2D eigenvalue weighted by atomic mass is 10.1. The van der Waals surface area contributed by atoms with E-state index in [0.717, 1.165) is 12.1 Å². The molecule has 1 aromatic rings. The van der Waals surface area contributed by atoms with Crippen molar-refractivity contribution in [3.63, 3.8) is 0 Å². The third-order valence-electron chi connectivity index (χ3n) is 1.56. The van der Waals surface area contributed by atoms with Crippen LogP contribution in [0.4, 0.5) is 0 Å². The zero-order valence-electron chi connectivity index (χ0n) is 8.04. The summed E-state index contributed by atoms with van der Waals surface area (Å²) < 4.78 is 4.96. The summed E-state index contributed by atoms with van der Waals surface area (Å²) in [6, 6.07) is 0. The number of hydrogen-bond acceptors (Lipinski definition) is 3. The normalized spacial score (nSPS) is 10.5. The Labute approximate surface area is 83.1 Å². The van der Waals surface area contributed by atoms with Gasteiger partial charge in [-0.25, -0.2) is 9.97 Å². The summed E-state index contributed by atoms with van der Waals surface area (Å²) in [6.07, 6.45) is 2.57. The van der Waals surface area contributed by atoms with E-state index in [0.29, 0.717) is 17.0 Å². The van der Waals surface area contributed by atoms with E-state index < -0.39 is 0 Å². The highest BCUT2D eigenvalue weighted by atomic mass is 35.5. The van der Waals surface area contributed by atoms with Gasteiger partial charge in [-0.15, -0.1) is 0 Å².